The highest BCUT2D eigenvalue weighted by Gasteiger charge is 2.11. The molecule has 14 heavy (non-hydrogen) atoms. The van der Waals surface area contributed by atoms with Gasteiger partial charge in [0.15, 0.2) is 0 Å². The zero-order chi connectivity index (χ0) is 10.8. The number of anilines is 1. The van der Waals surface area contributed by atoms with Crippen molar-refractivity contribution in [2.24, 2.45) is 0 Å². The molecule has 8 heteroatoms. The number of carbonyl (C=O) groups is 1. The fourth-order valence-electron chi connectivity index (χ4n) is 0.741. The quantitative estimate of drug-likeness (QED) is 0.750. The minimum atomic E-state index is -3.86. The van der Waals surface area contributed by atoms with Crippen LogP contribution in [0.15, 0.2) is 23.2 Å². The number of nitrogens with one attached hydrogen (secondary N) is 1. The standard InChI is InChI=1S/C6H5ClN2O4S/c7-14(12,13)4-1-2-8-5(3-4)9-6(10)11/h1-3H,(H,8,9)(H,10,11). The molecule has 0 bridgehead atoms. The minimum absolute atomic E-state index is 0.0979. The van der Waals surface area contributed by atoms with Crippen molar-refractivity contribution < 1.29 is 18.3 Å². The Morgan fingerprint density at radius 1 is 1.57 bits per heavy atom. The number of halogens is 1. The third-order valence-corrected chi connectivity index (χ3v) is 2.60. The lowest BCUT2D eigenvalue weighted by Crippen LogP contribution is -2.09. The molecule has 1 aromatic heterocycles. The second-order valence-electron chi connectivity index (χ2n) is 2.24. The molecule has 0 saturated heterocycles. The van der Waals surface area contributed by atoms with Gasteiger partial charge in [-0.1, -0.05) is 0 Å². The van der Waals surface area contributed by atoms with E-state index < -0.39 is 15.1 Å². The monoisotopic (exact) mass is 236 g/mol. The van der Waals surface area contributed by atoms with Crippen LogP contribution >= 0.6 is 10.7 Å². The molecule has 6 nitrogen and oxygen atoms in total. The number of pyridine rings is 1. The number of nitrogens with zero attached hydrogens (tertiary/aromatic N) is 1. The molecule has 2 N–H and O–H groups in total. The highest BCUT2D eigenvalue weighted by molar-refractivity contribution is 8.13. The normalized spacial score (nSPS) is 10.9. The summed E-state index contributed by atoms with van der Waals surface area (Å²) < 4.78 is 21.7. The molecular weight excluding hydrogens is 232 g/mol. The van der Waals surface area contributed by atoms with Gasteiger partial charge in [0.25, 0.3) is 9.05 Å². The van der Waals surface area contributed by atoms with Gasteiger partial charge in [-0.3, -0.25) is 5.32 Å². The maximum atomic E-state index is 10.8. The molecule has 1 aromatic rings. The Morgan fingerprint density at radius 3 is 2.71 bits per heavy atom. The van der Waals surface area contributed by atoms with Crippen LogP contribution in [0.1, 0.15) is 0 Å². The highest BCUT2D eigenvalue weighted by Crippen LogP contribution is 2.16. The van der Waals surface area contributed by atoms with Crippen LogP contribution in [0.2, 0.25) is 0 Å². The van der Waals surface area contributed by atoms with Crippen LogP contribution in [0.3, 0.4) is 0 Å². The van der Waals surface area contributed by atoms with Crippen LogP contribution in [-0.2, 0) is 9.05 Å². The van der Waals surface area contributed by atoms with Gasteiger partial charge >= 0.3 is 6.09 Å². The predicted octanol–water partition coefficient (Wildman–Crippen LogP) is 1.10. The largest absolute Gasteiger partial charge is 0.465 e. The van der Waals surface area contributed by atoms with Crippen molar-refractivity contribution in [2.75, 3.05) is 5.32 Å². The van der Waals surface area contributed by atoms with Crippen molar-refractivity contribution in [1.82, 2.24) is 4.98 Å². The molecule has 0 fully saturated rings. The molecule has 0 unspecified atom stereocenters. The van der Waals surface area contributed by atoms with Gasteiger partial charge in [-0.25, -0.2) is 18.2 Å². The molecule has 0 aliphatic rings. The summed E-state index contributed by atoms with van der Waals surface area (Å²) in [6.45, 7) is 0. The van der Waals surface area contributed by atoms with Crippen LogP contribution in [0.4, 0.5) is 10.6 Å². The lowest BCUT2D eigenvalue weighted by Gasteiger charge is -2.00. The lowest BCUT2D eigenvalue weighted by atomic mass is 10.4. The number of carboxylic acid groups (broad SMARTS) is 1. The maximum Gasteiger partial charge on any atom is 0.410 e. The molecule has 1 heterocycles. The Labute approximate surface area is 84.0 Å². The van der Waals surface area contributed by atoms with Crippen molar-refractivity contribution in [2.45, 2.75) is 4.90 Å². The number of hydrogen-bond donors (Lipinski definition) is 2. The zero-order valence-electron chi connectivity index (χ0n) is 6.64. The summed E-state index contributed by atoms with van der Waals surface area (Å²) in [5, 5.41) is 10.2. The van der Waals surface area contributed by atoms with E-state index in [9.17, 15) is 13.2 Å². The van der Waals surface area contributed by atoms with Gasteiger partial charge in [-0.05, 0) is 6.07 Å². The van der Waals surface area contributed by atoms with Crippen molar-refractivity contribution in [3.05, 3.63) is 18.3 Å². The molecule has 0 saturated carbocycles. The first-order valence-corrected chi connectivity index (χ1v) is 5.61. The van der Waals surface area contributed by atoms with Crippen molar-refractivity contribution in [3.63, 3.8) is 0 Å². The first-order chi connectivity index (χ1) is 6.39. The summed E-state index contributed by atoms with van der Waals surface area (Å²) in [6, 6.07) is 2.19. The van der Waals surface area contributed by atoms with E-state index >= 15 is 0 Å². The van der Waals surface area contributed by atoms with E-state index in [-0.39, 0.29) is 10.7 Å². The van der Waals surface area contributed by atoms with E-state index in [1.165, 1.54) is 0 Å². The van der Waals surface area contributed by atoms with E-state index in [0.717, 1.165) is 18.3 Å². The number of hydrogen-bond acceptors (Lipinski definition) is 4. The molecule has 1 amide bonds. The van der Waals surface area contributed by atoms with Crippen LogP contribution in [0.5, 0.6) is 0 Å². The average Bonchev–Trinajstić information content (AvgIpc) is 2.01. The average molecular weight is 237 g/mol. The Kier molecular flexibility index (Phi) is 2.92. The number of amides is 1. The molecule has 0 aliphatic carbocycles. The Balaban J connectivity index is 3.08. The molecule has 0 atom stereocenters. The second kappa shape index (κ2) is 3.81. The van der Waals surface area contributed by atoms with Gasteiger partial charge in [-0.2, -0.15) is 0 Å². The van der Waals surface area contributed by atoms with Crippen LogP contribution in [0, 0.1) is 0 Å². The molecule has 0 aromatic carbocycles. The third kappa shape index (κ3) is 2.86. The number of aromatic nitrogens is 1. The van der Waals surface area contributed by atoms with Crippen LogP contribution < -0.4 is 5.32 Å². The first-order valence-electron chi connectivity index (χ1n) is 3.30. The molecule has 1 rings (SSSR count). The van der Waals surface area contributed by atoms with Crippen LogP contribution in [0.25, 0.3) is 0 Å². The van der Waals surface area contributed by atoms with Gasteiger partial charge in [-0.15, -0.1) is 0 Å². The third-order valence-electron chi connectivity index (χ3n) is 1.25. The van der Waals surface area contributed by atoms with Gasteiger partial charge in [0.1, 0.15) is 5.82 Å². The maximum absolute atomic E-state index is 10.8. The first kappa shape index (κ1) is 10.7. The van der Waals surface area contributed by atoms with Crippen molar-refractivity contribution in [3.8, 4) is 0 Å². The lowest BCUT2D eigenvalue weighted by molar-refractivity contribution is 0.209. The Morgan fingerprint density at radius 2 is 2.21 bits per heavy atom. The van der Waals surface area contributed by atoms with Crippen molar-refractivity contribution in [1.29, 1.82) is 0 Å². The summed E-state index contributed by atoms with van der Waals surface area (Å²) in [7, 11) is 1.17. The predicted molar refractivity (Wildman–Crippen MR) is 48.9 cm³/mol. The second-order valence-corrected chi connectivity index (χ2v) is 4.81. The molecule has 76 valence electrons. The Bertz CT molecular complexity index is 459. The minimum Gasteiger partial charge on any atom is -0.465 e. The van der Waals surface area contributed by atoms with E-state index in [1.54, 1.807) is 0 Å². The van der Waals surface area contributed by atoms with Gasteiger partial charge in [0.05, 0.1) is 4.90 Å². The van der Waals surface area contributed by atoms with E-state index in [0.29, 0.717) is 0 Å². The Hall–Kier alpha value is -1.34. The summed E-state index contributed by atoms with van der Waals surface area (Å²) in [4.78, 5) is 13.6. The summed E-state index contributed by atoms with van der Waals surface area (Å²) in [5.74, 6) is -0.0979. The molecule has 0 spiro atoms. The molecule has 0 radical (unpaired) electrons. The van der Waals surface area contributed by atoms with E-state index in [1.807, 2.05) is 5.32 Å². The summed E-state index contributed by atoms with van der Waals surface area (Å²) >= 11 is 0. The van der Waals surface area contributed by atoms with E-state index in [4.69, 9.17) is 15.8 Å². The van der Waals surface area contributed by atoms with Gasteiger partial charge in [0.2, 0.25) is 0 Å². The van der Waals surface area contributed by atoms with Crippen LogP contribution in [-0.4, -0.2) is 24.6 Å². The summed E-state index contributed by atoms with van der Waals surface area (Å²) in [6.07, 6.45) is -0.192. The smallest absolute Gasteiger partial charge is 0.410 e. The molecule has 0 aliphatic heterocycles. The summed E-state index contributed by atoms with van der Waals surface area (Å²) in [5.41, 5.74) is 0. The number of rotatable bonds is 2. The fourth-order valence-corrected chi connectivity index (χ4v) is 1.50. The SMILES string of the molecule is O=C(O)Nc1cc(S(=O)(=O)Cl)ccn1. The van der Waals surface area contributed by atoms with Gasteiger partial charge < -0.3 is 5.11 Å². The van der Waals surface area contributed by atoms with E-state index in [2.05, 4.69) is 4.98 Å². The molecular formula is C6H5ClN2O4S. The zero-order valence-corrected chi connectivity index (χ0v) is 8.21. The fraction of sp³-hybridized carbons (Fsp3) is 0. The topological polar surface area (TPSA) is 96.4 Å². The van der Waals surface area contributed by atoms with Gasteiger partial charge in [0, 0.05) is 22.9 Å². The van der Waals surface area contributed by atoms with Crippen molar-refractivity contribution >= 4 is 31.6 Å². The highest BCUT2D eigenvalue weighted by atomic mass is 35.7.